The molecule has 5 rings (SSSR count). The Morgan fingerprint density at radius 2 is 1.70 bits per heavy atom. The van der Waals surface area contributed by atoms with Crippen molar-refractivity contribution in [2.75, 3.05) is 6.54 Å². The van der Waals surface area contributed by atoms with Gasteiger partial charge in [-0.2, -0.15) is 5.10 Å². The van der Waals surface area contributed by atoms with Crippen molar-refractivity contribution in [3.8, 4) is 5.75 Å². The van der Waals surface area contributed by atoms with Crippen molar-refractivity contribution in [1.29, 1.82) is 0 Å². The van der Waals surface area contributed by atoms with Crippen molar-refractivity contribution in [1.82, 2.24) is 10.3 Å². The van der Waals surface area contributed by atoms with Crippen molar-refractivity contribution in [3.05, 3.63) is 76.3 Å². The predicted molar refractivity (Wildman–Crippen MR) is 147 cm³/mol. The van der Waals surface area contributed by atoms with Gasteiger partial charge in [-0.3, -0.25) is 9.59 Å². The molecule has 1 unspecified atom stereocenters. The lowest BCUT2D eigenvalue weighted by Crippen LogP contribution is -2.48. The average molecular weight is 518 g/mol. The zero-order valence-corrected chi connectivity index (χ0v) is 21.6. The van der Waals surface area contributed by atoms with Crippen LogP contribution in [0.2, 0.25) is 5.02 Å². The molecule has 1 aliphatic heterocycles. The standard InChI is InChI=1S/C30H32ClN3O3/c31-26-18-21(14-16-28(26)35)29(36)33-32-19-22-13-15-25(24-11-5-4-10-23(22)24)30(37)34-17-7-6-12-27(34)20-8-2-1-3-9-20/h4-5,10-11,13-16,18-20,27,35H,1-3,6-9,12,17H2,(H,33,36). The van der Waals surface area contributed by atoms with Crippen LogP contribution in [0.5, 0.6) is 5.75 Å². The summed E-state index contributed by atoms with van der Waals surface area (Å²) in [7, 11) is 0. The maximum absolute atomic E-state index is 13.9. The molecule has 0 aromatic heterocycles. The highest BCUT2D eigenvalue weighted by molar-refractivity contribution is 6.32. The molecule has 2 fully saturated rings. The van der Waals surface area contributed by atoms with Crippen LogP contribution in [-0.4, -0.2) is 40.6 Å². The minimum absolute atomic E-state index is 0.0857. The Bertz CT molecular complexity index is 1330. The highest BCUT2D eigenvalue weighted by Crippen LogP contribution is 2.35. The number of halogens is 1. The number of amides is 2. The largest absolute Gasteiger partial charge is 0.506 e. The Balaban J connectivity index is 1.37. The summed E-state index contributed by atoms with van der Waals surface area (Å²) in [5.74, 6) is 0.209. The van der Waals surface area contributed by atoms with Gasteiger partial charge in [-0.05, 0) is 73.1 Å². The van der Waals surface area contributed by atoms with E-state index >= 15 is 0 Å². The molecule has 192 valence electrons. The number of hydrogen-bond acceptors (Lipinski definition) is 4. The summed E-state index contributed by atoms with van der Waals surface area (Å²) < 4.78 is 0. The second-order valence-electron chi connectivity index (χ2n) is 10.1. The van der Waals surface area contributed by atoms with Gasteiger partial charge in [0.05, 0.1) is 11.2 Å². The molecule has 6 nitrogen and oxygen atoms in total. The first kappa shape index (κ1) is 25.3. The highest BCUT2D eigenvalue weighted by atomic mass is 35.5. The number of phenols is 1. The van der Waals surface area contributed by atoms with Crippen LogP contribution >= 0.6 is 11.6 Å². The Labute approximate surface area is 222 Å². The first-order chi connectivity index (χ1) is 18.0. The molecule has 1 atom stereocenters. The van der Waals surface area contributed by atoms with Crippen LogP contribution in [0.4, 0.5) is 0 Å². The van der Waals surface area contributed by atoms with Gasteiger partial charge in [-0.25, -0.2) is 5.43 Å². The van der Waals surface area contributed by atoms with Gasteiger partial charge in [-0.1, -0.05) is 61.2 Å². The highest BCUT2D eigenvalue weighted by Gasteiger charge is 2.34. The Hall–Kier alpha value is -3.38. The van der Waals surface area contributed by atoms with Crippen LogP contribution in [0.25, 0.3) is 10.8 Å². The van der Waals surface area contributed by atoms with Gasteiger partial charge >= 0.3 is 0 Å². The number of nitrogens with one attached hydrogen (secondary N) is 1. The number of hydrazone groups is 1. The van der Waals surface area contributed by atoms with Crippen LogP contribution in [0, 0.1) is 5.92 Å². The number of carbonyl (C=O) groups is 2. The minimum atomic E-state index is -0.437. The van der Waals surface area contributed by atoms with E-state index in [2.05, 4.69) is 15.4 Å². The molecule has 3 aromatic carbocycles. The molecular weight excluding hydrogens is 486 g/mol. The molecule has 7 heteroatoms. The Kier molecular flexibility index (Phi) is 7.75. The van der Waals surface area contributed by atoms with E-state index < -0.39 is 5.91 Å². The van der Waals surface area contributed by atoms with E-state index in [0.717, 1.165) is 41.3 Å². The number of hydrogen-bond donors (Lipinski definition) is 2. The molecule has 3 aromatic rings. The third kappa shape index (κ3) is 5.49. The predicted octanol–water partition coefficient (Wildman–Crippen LogP) is 6.54. The first-order valence-electron chi connectivity index (χ1n) is 13.2. The molecule has 0 bridgehead atoms. The second-order valence-corrected chi connectivity index (χ2v) is 10.5. The van der Waals surface area contributed by atoms with Crippen LogP contribution in [0.15, 0.2) is 59.7 Å². The first-order valence-corrected chi connectivity index (χ1v) is 13.6. The lowest BCUT2D eigenvalue weighted by atomic mass is 9.79. The molecular formula is C30H32ClN3O3. The van der Waals surface area contributed by atoms with Gasteiger partial charge in [-0.15, -0.1) is 0 Å². The molecule has 2 aliphatic rings. The van der Waals surface area contributed by atoms with Gasteiger partial charge in [0.2, 0.25) is 0 Å². The van der Waals surface area contributed by atoms with Crippen molar-refractivity contribution >= 4 is 40.4 Å². The third-order valence-corrected chi connectivity index (χ3v) is 8.07. The number of rotatable bonds is 5. The van der Waals surface area contributed by atoms with E-state index in [1.807, 2.05) is 36.4 Å². The SMILES string of the molecule is O=C(NN=Cc1ccc(C(=O)N2CCCCC2C2CCCCC2)c2ccccc12)c1ccc(O)c(Cl)c1. The monoisotopic (exact) mass is 517 g/mol. The Morgan fingerprint density at radius 1 is 0.946 bits per heavy atom. The molecule has 0 spiro atoms. The van der Waals surface area contributed by atoms with E-state index in [4.69, 9.17) is 11.6 Å². The maximum atomic E-state index is 13.9. The smallest absolute Gasteiger partial charge is 0.271 e. The third-order valence-electron chi connectivity index (χ3n) is 7.77. The fourth-order valence-corrected chi connectivity index (χ4v) is 6.05. The number of nitrogens with zero attached hydrogens (tertiary/aromatic N) is 2. The number of aromatic hydroxyl groups is 1. The minimum Gasteiger partial charge on any atom is -0.506 e. The topological polar surface area (TPSA) is 82.0 Å². The summed E-state index contributed by atoms with van der Waals surface area (Å²) in [6, 6.07) is 16.2. The molecule has 1 heterocycles. The second kappa shape index (κ2) is 11.3. The van der Waals surface area contributed by atoms with Gasteiger partial charge in [0.1, 0.15) is 5.75 Å². The van der Waals surface area contributed by atoms with E-state index in [-0.39, 0.29) is 16.7 Å². The average Bonchev–Trinajstić information content (AvgIpc) is 2.94. The summed E-state index contributed by atoms with van der Waals surface area (Å²) in [6.07, 6.45) is 11.3. The van der Waals surface area contributed by atoms with Crippen molar-refractivity contribution in [2.24, 2.45) is 11.0 Å². The van der Waals surface area contributed by atoms with E-state index in [1.165, 1.54) is 56.7 Å². The zero-order chi connectivity index (χ0) is 25.8. The van der Waals surface area contributed by atoms with Crippen molar-refractivity contribution in [2.45, 2.75) is 57.4 Å². The van der Waals surface area contributed by atoms with Gasteiger partial charge < -0.3 is 10.0 Å². The Morgan fingerprint density at radius 3 is 2.49 bits per heavy atom. The van der Waals surface area contributed by atoms with E-state index in [9.17, 15) is 14.7 Å². The summed E-state index contributed by atoms with van der Waals surface area (Å²) in [6.45, 7) is 0.824. The normalized spacial score (nSPS) is 18.8. The molecule has 2 amide bonds. The molecule has 1 saturated carbocycles. The summed E-state index contributed by atoms with van der Waals surface area (Å²) in [5.41, 5.74) is 4.32. The van der Waals surface area contributed by atoms with Crippen molar-refractivity contribution in [3.63, 3.8) is 0 Å². The van der Waals surface area contributed by atoms with E-state index in [1.54, 1.807) is 6.21 Å². The zero-order valence-electron chi connectivity index (χ0n) is 20.8. The molecule has 1 saturated heterocycles. The van der Waals surface area contributed by atoms with E-state index in [0.29, 0.717) is 17.5 Å². The molecule has 1 aliphatic carbocycles. The summed E-state index contributed by atoms with van der Waals surface area (Å²) >= 11 is 5.90. The lowest BCUT2D eigenvalue weighted by Gasteiger charge is -2.42. The number of likely N-dealkylation sites (tertiary alicyclic amines) is 1. The maximum Gasteiger partial charge on any atom is 0.271 e. The number of fused-ring (bicyclic) bond motifs is 1. The van der Waals surface area contributed by atoms with Crippen LogP contribution in [0.3, 0.4) is 0 Å². The fourth-order valence-electron chi connectivity index (χ4n) is 5.87. The molecule has 0 radical (unpaired) electrons. The van der Waals surface area contributed by atoms with Crippen LogP contribution in [0.1, 0.15) is 77.6 Å². The fraction of sp³-hybridized carbons (Fsp3) is 0.367. The van der Waals surface area contributed by atoms with Crippen LogP contribution < -0.4 is 5.43 Å². The number of phenolic OH excluding ortho intramolecular Hbond substituents is 1. The summed E-state index contributed by atoms with van der Waals surface area (Å²) in [4.78, 5) is 28.5. The van der Waals surface area contributed by atoms with Crippen LogP contribution in [-0.2, 0) is 0 Å². The van der Waals surface area contributed by atoms with Gasteiger partial charge in [0, 0.05) is 29.3 Å². The van der Waals surface area contributed by atoms with Gasteiger partial charge in [0.25, 0.3) is 11.8 Å². The summed E-state index contributed by atoms with van der Waals surface area (Å²) in [5, 5.41) is 15.6. The van der Waals surface area contributed by atoms with Crippen molar-refractivity contribution < 1.29 is 14.7 Å². The molecule has 2 N–H and O–H groups in total. The number of benzene rings is 3. The lowest BCUT2D eigenvalue weighted by molar-refractivity contribution is 0.0468. The number of piperidine rings is 1. The molecule has 37 heavy (non-hydrogen) atoms. The quantitative estimate of drug-likeness (QED) is 0.298. The van der Waals surface area contributed by atoms with Gasteiger partial charge in [0.15, 0.2) is 0 Å². The number of carbonyl (C=O) groups excluding carboxylic acids is 2.